The van der Waals surface area contributed by atoms with Gasteiger partial charge in [-0.05, 0) is 62.1 Å². The Labute approximate surface area is 166 Å². The summed E-state index contributed by atoms with van der Waals surface area (Å²) in [4.78, 5) is 40.8. The lowest BCUT2D eigenvalue weighted by molar-refractivity contribution is -0.154. The molecule has 0 spiro atoms. The van der Waals surface area contributed by atoms with Crippen LogP contribution in [0.3, 0.4) is 0 Å². The van der Waals surface area contributed by atoms with Crippen LogP contribution in [0, 0.1) is 5.92 Å². The molecule has 0 radical (unpaired) electrons. The monoisotopic (exact) mass is 383 g/mol. The molecule has 150 valence electrons. The number of hydrogen-bond acceptors (Lipinski definition) is 3. The van der Waals surface area contributed by atoms with Crippen LogP contribution in [0.2, 0.25) is 0 Å². The standard InChI is InChI=1S/C22H29N3O3/c1-15-4-10-18(11-5-15)23-21(27)17-8-6-16(7-9-17)13-24-14-20(26)25-12-2-3-19(25)22(24)28/h6-9,15,18-19H,2-5,10-14H2,1H3,(H,23,27)/t15?,18?,19-/m1/s1. The zero-order chi connectivity index (χ0) is 19.7. The second-order valence-electron chi connectivity index (χ2n) is 8.57. The first-order chi connectivity index (χ1) is 13.5. The Morgan fingerprint density at radius 1 is 1.07 bits per heavy atom. The number of piperazine rings is 1. The molecular weight excluding hydrogens is 354 g/mol. The fourth-order valence-corrected chi connectivity index (χ4v) is 4.65. The molecular formula is C22H29N3O3. The lowest BCUT2D eigenvalue weighted by atomic mass is 9.87. The third kappa shape index (κ3) is 3.91. The van der Waals surface area contributed by atoms with Crippen LogP contribution in [0.1, 0.15) is 61.4 Å². The van der Waals surface area contributed by atoms with Gasteiger partial charge >= 0.3 is 0 Å². The maximum absolute atomic E-state index is 12.6. The van der Waals surface area contributed by atoms with Crippen molar-refractivity contribution in [2.24, 2.45) is 5.92 Å². The van der Waals surface area contributed by atoms with Gasteiger partial charge in [-0.15, -0.1) is 0 Å². The van der Waals surface area contributed by atoms with Crippen LogP contribution in [-0.2, 0) is 16.1 Å². The van der Waals surface area contributed by atoms with E-state index in [1.807, 2.05) is 24.3 Å². The Bertz CT molecular complexity index is 753. The topological polar surface area (TPSA) is 69.7 Å². The Morgan fingerprint density at radius 2 is 1.79 bits per heavy atom. The highest BCUT2D eigenvalue weighted by Crippen LogP contribution is 2.25. The zero-order valence-electron chi connectivity index (χ0n) is 16.5. The van der Waals surface area contributed by atoms with E-state index >= 15 is 0 Å². The van der Waals surface area contributed by atoms with Crippen molar-refractivity contribution < 1.29 is 14.4 Å². The molecule has 1 atom stereocenters. The Hall–Kier alpha value is -2.37. The van der Waals surface area contributed by atoms with Gasteiger partial charge in [0.05, 0.1) is 0 Å². The Kier molecular flexibility index (Phi) is 5.38. The molecule has 0 unspecified atom stereocenters. The van der Waals surface area contributed by atoms with Gasteiger partial charge in [0, 0.05) is 24.7 Å². The maximum atomic E-state index is 12.6. The van der Waals surface area contributed by atoms with Crippen molar-refractivity contribution in [2.75, 3.05) is 13.1 Å². The van der Waals surface area contributed by atoms with Crippen molar-refractivity contribution >= 4 is 17.7 Å². The van der Waals surface area contributed by atoms with Gasteiger partial charge in [0.25, 0.3) is 5.91 Å². The van der Waals surface area contributed by atoms with Crippen molar-refractivity contribution in [3.8, 4) is 0 Å². The van der Waals surface area contributed by atoms with E-state index in [1.165, 1.54) is 12.8 Å². The molecule has 2 saturated heterocycles. The minimum absolute atomic E-state index is 0.0306. The lowest BCUT2D eigenvalue weighted by Gasteiger charge is -2.36. The molecule has 1 aromatic carbocycles. The third-order valence-electron chi connectivity index (χ3n) is 6.44. The van der Waals surface area contributed by atoms with E-state index in [2.05, 4.69) is 12.2 Å². The number of nitrogens with zero attached hydrogens (tertiary/aromatic N) is 2. The van der Waals surface area contributed by atoms with Crippen LogP contribution < -0.4 is 5.32 Å². The van der Waals surface area contributed by atoms with Crippen LogP contribution in [0.4, 0.5) is 0 Å². The summed E-state index contributed by atoms with van der Waals surface area (Å²) in [5.74, 6) is 0.815. The lowest BCUT2D eigenvalue weighted by Crippen LogP contribution is -2.56. The van der Waals surface area contributed by atoms with E-state index in [-0.39, 0.29) is 36.3 Å². The average molecular weight is 383 g/mol. The second kappa shape index (κ2) is 7.94. The summed E-state index contributed by atoms with van der Waals surface area (Å²) in [5.41, 5.74) is 1.58. The van der Waals surface area contributed by atoms with Gasteiger partial charge in [0.2, 0.25) is 11.8 Å². The first kappa shape index (κ1) is 19.0. The molecule has 3 fully saturated rings. The predicted molar refractivity (Wildman–Crippen MR) is 105 cm³/mol. The molecule has 4 rings (SSSR count). The van der Waals surface area contributed by atoms with E-state index < -0.39 is 0 Å². The number of fused-ring (bicyclic) bond motifs is 1. The fraction of sp³-hybridized carbons (Fsp3) is 0.591. The van der Waals surface area contributed by atoms with Crippen molar-refractivity contribution in [2.45, 2.75) is 64.1 Å². The molecule has 1 saturated carbocycles. The van der Waals surface area contributed by atoms with Crippen LogP contribution in [-0.4, -0.2) is 52.7 Å². The summed E-state index contributed by atoms with van der Waals surface area (Å²) in [6.45, 7) is 3.53. The smallest absolute Gasteiger partial charge is 0.251 e. The van der Waals surface area contributed by atoms with E-state index in [4.69, 9.17) is 0 Å². The van der Waals surface area contributed by atoms with Gasteiger partial charge in [-0.2, -0.15) is 0 Å². The first-order valence-electron chi connectivity index (χ1n) is 10.5. The predicted octanol–water partition coefficient (Wildman–Crippen LogP) is 2.33. The zero-order valence-corrected chi connectivity index (χ0v) is 16.5. The normalized spacial score (nSPS) is 27.7. The molecule has 6 heteroatoms. The van der Waals surface area contributed by atoms with Crippen molar-refractivity contribution in [1.29, 1.82) is 0 Å². The maximum Gasteiger partial charge on any atom is 0.251 e. The molecule has 0 aromatic heterocycles. The molecule has 1 aromatic rings. The number of hydrogen-bond donors (Lipinski definition) is 1. The summed E-state index contributed by atoms with van der Waals surface area (Å²) in [6.07, 6.45) is 6.11. The van der Waals surface area contributed by atoms with E-state index in [0.717, 1.165) is 37.2 Å². The first-order valence-corrected chi connectivity index (χ1v) is 10.5. The van der Waals surface area contributed by atoms with Gasteiger partial charge in [0.1, 0.15) is 12.6 Å². The Balaban J connectivity index is 1.35. The van der Waals surface area contributed by atoms with Crippen LogP contribution >= 0.6 is 0 Å². The van der Waals surface area contributed by atoms with E-state index in [1.54, 1.807) is 9.80 Å². The molecule has 6 nitrogen and oxygen atoms in total. The molecule has 1 N–H and O–H groups in total. The van der Waals surface area contributed by atoms with Crippen molar-refractivity contribution in [3.05, 3.63) is 35.4 Å². The number of nitrogens with one attached hydrogen (secondary N) is 1. The van der Waals surface area contributed by atoms with Gasteiger partial charge in [-0.3, -0.25) is 14.4 Å². The quantitative estimate of drug-likeness (QED) is 0.868. The second-order valence-corrected chi connectivity index (χ2v) is 8.57. The highest BCUT2D eigenvalue weighted by Gasteiger charge is 2.41. The van der Waals surface area contributed by atoms with E-state index in [9.17, 15) is 14.4 Å². The Morgan fingerprint density at radius 3 is 2.50 bits per heavy atom. The van der Waals surface area contributed by atoms with Crippen molar-refractivity contribution in [3.63, 3.8) is 0 Å². The summed E-state index contributed by atoms with van der Waals surface area (Å²) in [6, 6.07) is 7.40. The number of rotatable bonds is 4. The largest absolute Gasteiger partial charge is 0.349 e. The molecule has 3 aliphatic rings. The van der Waals surface area contributed by atoms with Gasteiger partial charge in [-0.1, -0.05) is 19.1 Å². The molecule has 2 heterocycles. The van der Waals surface area contributed by atoms with Crippen LogP contribution in [0.5, 0.6) is 0 Å². The number of carbonyl (C=O) groups excluding carboxylic acids is 3. The van der Waals surface area contributed by atoms with Crippen LogP contribution in [0.15, 0.2) is 24.3 Å². The van der Waals surface area contributed by atoms with Gasteiger partial charge in [-0.25, -0.2) is 0 Å². The summed E-state index contributed by atoms with van der Waals surface area (Å²) in [7, 11) is 0. The fourth-order valence-electron chi connectivity index (χ4n) is 4.65. The molecule has 0 bridgehead atoms. The van der Waals surface area contributed by atoms with E-state index in [0.29, 0.717) is 18.7 Å². The highest BCUT2D eigenvalue weighted by atomic mass is 16.2. The molecule has 2 aliphatic heterocycles. The van der Waals surface area contributed by atoms with Gasteiger partial charge in [0.15, 0.2) is 0 Å². The summed E-state index contributed by atoms with van der Waals surface area (Å²) in [5, 5.41) is 3.14. The molecule has 1 aliphatic carbocycles. The summed E-state index contributed by atoms with van der Waals surface area (Å²) >= 11 is 0. The number of amides is 3. The number of carbonyl (C=O) groups is 3. The summed E-state index contributed by atoms with van der Waals surface area (Å²) < 4.78 is 0. The average Bonchev–Trinajstić information content (AvgIpc) is 3.19. The van der Waals surface area contributed by atoms with Crippen LogP contribution in [0.25, 0.3) is 0 Å². The number of benzene rings is 1. The third-order valence-corrected chi connectivity index (χ3v) is 6.44. The van der Waals surface area contributed by atoms with Gasteiger partial charge < -0.3 is 15.1 Å². The van der Waals surface area contributed by atoms with Crippen molar-refractivity contribution in [1.82, 2.24) is 15.1 Å². The highest BCUT2D eigenvalue weighted by molar-refractivity contribution is 5.95. The minimum Gasteiger partial charge on any atom is -0.349 e. The molecule has 28 heavy (non-hydrogen) atoms. The SMILES string of the molecule is CC1CCC(NC(=O)c2ccc(CN3CC(=O)N4CCC[C@@H]4C3=O)cc2)CC1. The minimum atomic E-state index is -0.274. The molecule has 3 amide bonds.